The first kappa shape index (κ1) is 19.1. The van der Waals surface area contributed by atoms with Gasteiger partial charge in [-0.3, -0.25) is 9.89 Å². The Morgan fingerprint density at radius 2 is 2.38 bits per heavy atom. The van der Waals surface area contributed by atoms with Crippen LogP contribution in [0, 0.1) is 0 Å². The number of likely N-dealkylation sites (tertiary alicyclic amines) is 1. The van der Waals surface area contributed by atoms with Crippen molar-refractivity contribution in [2.75, 3.05) is 46.9 Å². The number of nitrogens with one attached hydrogen (secondary N) is 2. The van der Waals surface area contributed by atoms with Gasteiger partial charge < -0.3 is 15.4 Å². The zero-order valence-corrected chi connectivity index (χ0v) is 16.0. The van der Waals surface area contributed by atoms with Gasteiger partial charge in [0.1, 0.15) is 0 Å². The lowest BCUT2D eigenvalue weighted by molar-refractivity contribution is 0.141. The summed E-state index contributed by atoms with van der Waals surface area (Å²) in [4.78, 5) is 12.6. The van der Waals surface area contributed by atoms with E-state index in [-0.39, 0.29) is 0 Å². The Morgan fingerprint density at radius 3 is 3.08 bits per heavy atom. The van der Waals surface area contributed by atoms with Crippen LogP contribution in [0.2, 0.25) is 0 Å². The lowest BCUT2D eigenvalue weighted by Crippen LogP contribution is -2.45. The van der Waals surface area contributed by atoms with Crippen LogP contribution in [0.3, 0.4) is 0 Å². The second kappa shape index (κ2) is 10.6. The zero-order chi connectivity index (χ0) is 17.2. The molecule has 1 saturated heterocycles. The minimum atomic E-state index is 0.574. The maximum Gasteiger partial charge on any atom is 0.191 e. The summed E-state index contributed by atoms with van der Waals surface area (Å²) in [5.74, 6) is 0.876. The first-order chi connectivity index (χ1) is 11.8. The molecule has 0 bridgehead atoms. The molecule has 0 aromatic carbocycles. The van der Waals surface area contributed by atoms with E-state index in [2.05, 4.69) is 32.4 Å². The monoisotopic (exact) mass is 353 g/mol. The van der Waals surface area contributed by atoms with E-state index in [0.29, 0.717) is 6.04 Å². The molecule has 0 radical (unpaired) electrons. The summed E-state index contributed by atoms with van der Waals surface area (Å²) >= 11 is 1.80. The van der Waals surface area contributed by atoms with E-state index in [9.17, 15) is 0 Å². The van der Waals surface area contributed by atoms with E-state index in [1.165, 1.54) is 29.3 Å². The van der Waals surface area contributed by atoms with Gasteiger partial charge in [0.25, 0.3) is 0 Å². The molecule has 1 atom stereocenters. The fraction of sp³-hybridized carbons (Fsp3) is 0.765. The van der Waals surface area contributed by atoms with Crippen molar-refractivity contribution in [3.8, 4) is 0 Å². The highest BCUT2D eigenvalue weighted by atomic mass is 32.1. The van der Waals surface area contributed by atoms with Gasteiger partial charge in [-0.05, 0) is 25.8 Å². The molecule has 0 amide bonds. The van der Waals surface area contributed by atoms with Crippen LogP contribution in [-0.2, 0) is 17.6 Å². The minimum Gasteiger partial charge on any atom is -0.383 e. The summed E-state index contributed by atoms with van der Waals surface area (Å²) in [5.41, 5.74) is 0. The molecule has 136 valence electrons. The lowest BCUT2D eigenvalue weighted by atomic mass is 10.2. The van der Waals surface area contributed by atoms with Crippen molar-refractivity contribution >= 4 is 17.3 Å². The third-order valence-corrected chi connectivity index (χ3v) is 5.59. The Hall–Kier alpha value is -1.18. The molecule has 1 fully saturated rings. The van der Waals surface area contributed by atoms with Crippen molar-refractivity contribution < 1.29 is 4.74 Å². The third-order valence-electron chi connectivity index (χ3n) is 4.39. The molecule has 1 aromatic heterocycles. The Kier molecular flexibility index (Phi) is 8.49. The van der Waals surface area contributed by atoms with Gasteiger partial charge in [0.05, 0.1) is 11.6 Å². The van der Waals surface area contributed by atoms with Gasteiger partial charge in [0, 0.05) is 57.3 Å². The molecular formula is C17H31N5OS. The van der Waals surface area contributed by atoms with Crippen molar-refractivity contribution in [1.29, 1.82) is 0 Å². The Balaban J connectivity index is 1.68. The number of nitrogens with zero attached hydrogens (tertiary/aromatic N) is 3. The normalized spacial score (nSPS) is 19.0. The fourth-order valence-electron chi connectivity index (χ4n) is 2.98. The minimum absolute atomic E-state index is 0.574. The second-order valence-electron chi connectivity index (χ2n) is 6.03. The zero-order valence-electron chi connectivity index (χ0n) is 15.2. The van der Waals surface area contributed by atoms with Gasteiger partial charge in [-0.2, -0.15) is 0 Å². The highest BCUT2D eigenvalue weighted by Gasteiger charge is 2.23. The molecule has 0 spiro atoms. The number of aliphatic imine (C=N–C) groups is 1. The van der Waals surface area contributed by atoms with E-state index in [1.54, 1.807) is 18.4 Å². The number of hydrogen-bond acceptors (Lipinski definition) is 5. The van der Waals surface area contributed by atoms with Crippen LogP contribution < -0.4 is 10.6 Å². The number of hydrogen-bond donors (Lipinski definition) is 2. The molecule has 7 heteroatoms. The van der Waals surface area contributed by atoms with E-state index >= 15 is 0 Å². The molecule has 24 heavy (non-hydrogen) atoms. The van der Waals surface area contributed by atoms with Crippen molar-refractivity contribution in [1.82, 2.24) is 20.5 Å². The maximum atomic E-state index is 5.20. The van der Waals surface area contributed by atoms with Crippen molar-refractivity contribution in [2.24, 2.45) is 4.99 Å². The molecule has 1 aliphatic rings. The molecule has 0 saturated carbocycles. The molecule has 2 N–H and O–H groups in total. The average Bonchev–Trinajstić information content (AvgIpc) is 3.25. The summed E-state index contributed by atoms with van der Waals surface area (Å²) in [6.45, 7) is 6.94. The van der Waals surface area contributed by atoms with Gasteiger partial charge in [-0.25, -0.2) is 4.98 Å². The molecule has 2 heterocycles. The number of aromatic nitrogens is 1. The quantitative estimate of drug-likeness (QED) is 0.521. The lowest BCUT2D eigenvalue weighted by Gasteiger charge is -2.25. The largest absolute Gasteiger partial charge is 0.383 e. The highest BCUT2D eigenvalue weighted by molar-refractivity contribution is 7.11. The highest BCUT2D eigenvalue weighted by Crippen LogP contribution is 2.16. The van der Waals surface area contributed by atoms with Crippen LogP contribution in [0.15, 0.2) is 11.2 Å². The summed E-state index contributed by atoms with van der Waals surface area (Å²) < 4.78 is 5.20. The van der Waals surface area contributed by atoms with Crippen LogP contribution in [0.4, 0.5) is 0 Å². The Morgan fingerprint density at radius 1 is 1.50 bits per heavy atom. The predicted molar refractivity (Wildman–Crippen MR) is 101 cm³/mol. The molecular weight excluding hydrogens is 322 g/mol. The Labute approximate surface area is 149 Å². The molecule has 0 aliphatic carbocycles. The third kappa shape index (κ3) is 6.03. The SMILES string of the molecule is CCc1cnc(CCNC(=NC)NCC2CCCN2CCOC)s1. The predicted octanol–water partition coefficient (Wildman–Crippen LogP) is 1.52. The standard InChI is InChI=1S/C17H31N5OS/c1-4-15-13-20-16(24-15)7-8-19-17(18-2)21-12-14-6-5-9-22(14)10-11-23-3/h13-14H,4-12H2,1-3H3,(H2,18,19,21). The van der Waals surface area contributed by atoms with E-state index in [4.69, 9.17) is 4.74 Å². The maximum absolute atomic E-state index is 5.20. The molecule has 1 aromatic rings. The molecule has 6 nitrogen and oxygen atoms in total. The van der Waals surface area contributed by atoms with Crippen molar-refractivity contribution in [3.05, 3.63) is 16.1 Å². The number of ether oxygens (including phenoxy) is 1. The smallest absolute Gasteiger partial charge is 0.191 e. The van der Waals surface area contributed by atoms with Crippen molar-refractivity contribution in [3.63, 3.8) is 0 Å². The number of aryl methyl sites for hydroxylation is 1. The second-order valence-corrected chi connectivity index (χ2v) is 7.23. The van der Waals surface area contributed by atoms with Crippen LogP contribution in [0.5, 0.6) is 0 Å². The van der Waals surface area contributed by atoms with Crippen molar-refractivity contribution in [2.45, 2.75) is 38.6 Å². The first-order valence-electron chi connectivity index (χ1n) is 8.87. The number of methoxy groups -OCH3 is 1. The van der Waals surface area contributed by atoms with Gasteiger partial charge in [-0.15, -0.1) is 11.3 Å². The van der Waals surface area contributed by atoms with Crippen LogP contribution >= 0.6 is 11.3 Å². The van der Waals surface area contributed by atoms with E-state index < -0.39 is 0 Å². The van der Waals surface area contributed by atoms with E-state index in [1.807, 2.05) is 13.2 Å². The molecule has 2 rings (SSSR count). The number of rotatable bonds is 9. The van der Waals surface area contributed by atoms with E-state index in [0.717, 1.165) is 45.0 Å². The number of guanidine groups is 1. The summed E-state index contributed by atoms with van der Waals surface area (Å²) in [6.07, 6.45) is 6.50. The average molecular weight is 354 g/mol. The topological polar surface area (TPSA) is 61.8 Å². The Bertz CT molecular complexity index is 505. The first-order valence-corrected chi connectivity index (χ1v) is 9.69. The summed E-state index contributed by atoms with van der Waals surface area (Å²) in [5, 5.41) is 8.04. The van der Waals surface area contributed by atoms with Crippen LogP contribution in [0.25, 0.3) is 0 Å². The van der Waals surface area contributed by atoms with Gasteiger partial charge >= 0.3 is 0 Å². The van der Waals surface area contributed by atoms with Crippen LogP contribution in [-0.4, -0.2) is 68.8 Å². The van der Waals surface area contributed by atoms with Gasteiger partial charge in [0.2, 0.25) is 0 Å². The molecule has 1 aliphatic heterocycles. The van der Waals surface area contributed by atoms with Crippen LogP contribution in [0.1, 0.15) is 29.7 Å². The van der Waals surface area contributed by atoms with Gasteiger partial charge in [0.15, 0.2) is 5.96 Å². The summed E-state index contributed by atoms with van der Waals surface area (Å²) in [6, 6.07) is 0.574. The molecule has 1 unspecified atom stereocenters. The fourth-order valence-corrected chi connectivity index (χ4v) is 3.84. The summed E-state index contributed by atoms with van der Waals surface area (Å²) in [7, 11) is 3.59. The van der Waals surface area contributed by atoms with Gasteiger partial charge in [-0.1, -0.05) is 6.92 Å². The number of thiazole rings is 1.